The van der Waals surface area contributed by atoms with Crippen molar-refractivity contribution in [3.05, 3.63) is 12.2 Å². The van der Waals surface area contributed by atoms with E-state index in [1.165, 1.54) is 51.4 Å². The molecule has 0 aliphatic carbocycles. The summed E-state index contributed by atoms with van der Waals surface area (Å²) in [5, 5.41) is 32.0. The van der Waals surface area contributed by atoms with Crippen LogP contribution in [0.2, 0.25) is 0 Å². The molecule has 0 radical (unpaired) electrons. The van der Waals surface area contributed by atoms with Crippen LogP contribution in [0.5, 0.6) is 0 Å². The Morgan fingerprint density at radius 1 is 0.622 bits per heavy atom. The normalized spacial score (nSPS) is 15.8. The molecule has 216 valence electrons. The number of carboxylic acids is 3. The standard InChI is InChI=1S/C30H55NO6/c1-5-9-10-11-12-13-14-15-16-17-18-19-20-21-22-23-24-31(25(6-2)28(32)33,26(7-3)29(34)35)27(8-4)30(36)37/h17-18,25-27H,5-16,19-24H2,1-4H3,(H2-,32,33,34,35,36,37)/b18-17+. The lowest BCUT2D eigenvalue weighted by molar-refractivity contribution is -0.974. The molecule has 0 aliphatic heterocycles. The largest absolute Gasteiger partial charge is 0.544 e. The van der Waals surface area contributed by atoms with Crippen molar-refractivity contribution in [2.45, 2.75) is 155 Å². The first-order valence-electron chi connectivity index (χ1n) is 14.9. The van der Waals surface area contributed by atoms with E-state index in [1.54, 1.807) is 20.8 Å². The van der Waals surface area contributed by atoms with Gasteiger partial charge in [-0.25, -0.2) is 9.59 Å². The van der Waals surface area contributed by atoms with Gasteiger partial charge in [-0.15, -0.1) is 0 Å². The molecule has 0 amide bonds. The zero-order chi connectivity index (χ0) is 28.1. The second-order valence-electron chi connectivity index (χ2n) is 10.4. The van der Waals surface area contributed by atoms with E-state index in [9.17, 15) is 29.7 Å². The predicted octanol–water partition coefficient (Wildman–Crippen LogP) is 6.10. The Morgan fingerprint density at radius 3 is 1.35 bits per heavy atom. The van der Waals surface area contributed by atoms with Gasteiger partial charge in [-0.05, 0) is 38.5 Å². The Kier molecular flexibility index (Phi) is 20.0. The van der Waals surface area contributed by atoms with Crippen molar-refractivity contribution in [2.24, 2.45) is 0 Å². The van der Waals surface area contributed by atoms with Gasteiger partial charge in [-0.1, -0.05) is 91.2 Å². The monoisotopic (exact) mass is 525 g/mol. The van der Waals surface area contributed by atoms with Crippen LogP contribution in [0.1, 0.15) is 137 Å². The van der Waals surface area contributed by atoms with Gasteiger partial charge in [-0.3, -0.25) is 4.48 Å². The van der Waals surface area contributed by atoms with Crippen molar-refractivity contribution in [2.75, 3.05) is 6.54 Å². The molecule has 0 heterocycles. The van der Waals surface area contributed by atoms with E-state index in [1.807, 2.05) is 0 Å². The second kappa shape index (κ2) is 21.1. The van der Waals surface area contributed by atoms with Gasteiger partial charge in [0.2, 0.25) is 0 Å². The van der Waals surface area contributed by atoms with Crippen LogP contribution in [-0.4, -0.2) is 57.3 Å². The molecule has 7 heteroatoms. The predicted molar refractivity (Wildman–Crippen MR) is 147 cm³/mol. The van der Waals surface area contributed by atoms with Crippen molar-refractivity contribution in [1.29, 1.82) is 0 Å². The molecular weight excluding hydrogens is 470 g/mol. The molecule has 0 rings (SSSR count). The molecule has 7 nitrogen and oxygen atoms in total. The van der Waals surface area contributed by atoms with E-state index in [4.69, 9.17) is 0 Å². The molecule has 0 spiro atoms. The number of rotatable bonds is 25. The van der Waals surface area contributed by atoms with Crippen LogP contribution < -0.4 is 5.11 Å². The van der Waals surface area contributed by atoms with E-state index in [-0.39, 0.29) is 25.8 Å². The highest BCUT2D eigenvalue weighted by molar-refractivity contribution is 5.77. The smallest absolute Gasteiger partial charge is 0.362 e. The van der Waals surface area contributed by atoms with Crippen molar-refractivity contribution < 1.29 is 34.2 Å². The fourth-order valence-electron chi connectivity index (χ4n) is 5.90. The van der Waals surface area contributed by atoms with Crippen LogP contribution in [0, 0.1) is 0 Å². The minimum Gasteiger partial charge on any atom is -0.544 e. The summed E-state index contributed by atoms with van der Waals surface area (Å²) in [4.78, 5) is 36.5. The lowest BCUT2D eigenvalue weighted by Crippen LogP contribution is -2.73. The highest BCUT2D eigenvalue weighted by Crippen LogP contribution is 2.32. The Hall–Kier alpha value is -1.89. The number of carboxylic acid groups (broad SMARTS) is 3. The summed E-state index contributed by atoms with van der Waals surface area (Å²) in [5.74, 6) is -3.67. The average Bonchev–Trinajstić information content (AvgIpc) is 2.84. The lowest BCUT2D eigenvalue weighted by Gasteiger charge is -2.51. The minimum atomic E-state index is -1.37. The number of quaternary nitrogens is 1. The van der Waals surface area contributed by atoms with E-state index in [0.717, 1.165) is 32.1 Å². The zero-order valence-electron chi connectivity index (χ0n) is 24.1. The first-order valence-corrected chi connectivity index (χ1v) is 14.9. The number of hydrogen-bond acceptors (Lipinski definition) is 4. The van der Waals surface area contributed by atoms with E-state index < -0.39 is 40.5 Å². The maximum absolute atomic E-state index is 12.2. The molecule has 0 aromatic heterocycles. The van der Waals surface area contributed by atoms with Gasteiger partial charge in [0.15, 0.2) is 12.1 Å². The highest BCUT2D eigenvalue weighted by Gasteiger charge is 2.53. The second-order valence-corrected chi connectivity index (χ2v) is 10.4. The third kappa shape index (κ3) is 12.5. The number of carbonyl (C=O) groups excluding carboxylic acids is 1. The van der Waals surface area contributed by atoms with Gasteiger partial charge < -0.3 is 20.1 Å². The lowest BCUT2D eigenvalue weighted by atomic mass is 9.94. The number of aliphatic carboxylic acids is 3. The first-order chi connectivity index (χ1) is 17.7. The number of allylic oxidation sites excluding steroid dienone is 2. The van der Waals surface area contributed by atoms with E-state index >= 15 is 0 Å². The summed E-state index contributed by atoms with van der Waals surface area (Å²) in [5.41, 5.74) is 0. The fraction of sp³-hybridized carbons (Fsp3) is 0.833. The van der Waals surface area contributed by atoms with Gasteiger partial charge in [0, 0.05) is 19.3 Å². The van der Waals surface area contributed by atoms with Crippen LogP contribution >= 0.6 is 0 Å². The summed E-state index contributed by atoms with van der Waals surface area (Å²) < 4.78 is -0.477. The van der Waals surface area contributed by atoms with Crippen molar-refractivity contribution in [1.82, 2.24) is 0 Å². The first kappa shape index (κ1) is 35.1. The average molecular weight is 526 g/mol. The van der Waals surface area contributed by atoms with Gasteiger partial charge in [-0.2, -0.15) is 0 Å². The van der Waals surface area contributed by atoms with Crippen LogP contribution in [0.25, 0.3) is 0 Å². The van der Waals surface area contributed by atoms with Crippen LogP contribution in [-0.2, 0) is 14.4 Å². The number of nitrogens with zero attached hydrogens (tertiary/aromatic N) is 1. The molecule has 0 aromatic rings. The van der Waals surface area contributed by atoms with E-state index in [2.05, 4.69) is 19.1 Å². The van der Waals surface area contributed by atoms with Crippen molar-refractivity contribution in [3.63, 3.8) is 0 Å². The van der Waals surface area contributed by atoms with Crippen LogP contribution in [0.4, 0.5) is 0 Å². The van der Waals surface area contributed by atoms with E-state index in [0.29, 0.717) is 6.42 Å². The maximum atomic E-state index is 12.2. The quantitative estimate of drug-likeness (QED) is 0.0846. The third-order valence-corrected chi connectivity index (χ3v) is 7.80. The maximum Gasteiger partial charge on any atom is 0.362 e. The SMILES string of the molecule is CCCCCCCCCC/C=C/CCCCCC[N+](C(CC)C(=O)[O-])(C(CC)C(=O)O)C(CC)C(=O)O. The van der Waals surface area contributed by atoms with Crippen LogP contribution in [0.15, 0.2) is 12.2 Å². The molecule has 0 bridgehead atoms. The molecule has 3 atom stereocenters. The molecule has 2 N–H and O–H groups in total. The highest BCUT2D eigenvalue weighted by atomic mass is 16.4. The van der Waals surface area contributed by atoms with Gasteiger partial charge in [0.05, 0.1) is 12.5 Å². The van der Waals surface area contributed by atoms with Crippen molar-refractivity contribution in [3.8, 4) is 0 Å². The van der Waals surface area contributed by atoms with Crippen molar-refractivity contribution >= 4 is 17.9 Å². The molecule has 0 fully saturated rings. The Balaban J connectivity index is 4.82. The Labute approximate surface area is 225 Å². The third-order valence-electron chi connectivity index (χ3n) is 7.80. The summed E-state index contributed by atoms with van der Waals surface area (Å²) in [7, 11) is 0. The zero-order valence-corrected chi connectivity index (χ0v) is 24.1. The Bertz CT molecular complexity index is 607. The van der Waals surface area contributed by atoms with Gasteiger partial charge in [0.1, 0.15) is 6.04 Å². The molecule has 3 unspecified atom stereocenters. The number of unbranched alkanes of at least 4 members (excludes halogenated alkanes) is 12. The summed E-state index contributed by atoms with van der Waals surface area (Å²) >= 11 is 0. The topological polar surface area (TPSA) is 115 Å². The summed E-state index contributed by atoms with van der Waals surface area (Å²) in [6, 6.07) is -3.40. The summed E-state index contributed by atoms with van der Waals surface area (Å²) in [6.07, 6.45) is 21.0. The van der Waals surface area contributed by atoms with Crippen LogP contribution in [0.3, 0.4) is 0 Å². The minimum absolute atomic E-state index is 0.125. The Morgan fingerprint density at radius 2 is 1.00 bits per heavy atom. The number of carbonyl (C=O) groups is 3. The fourth-order valence-corrected chi connectivity index (χ4v) is 5.90. The summed E-state index contributed by atoms with van der Waals surface area (Å²) in [6.45, 7) is 7.48. The van der Waals surface area contributed by atoms with Gasteiger partial charge >= 0.3 is 11.9 Å². The molecule has 0 saturated carbocycles. The molecular formula is C30H55NO6. The van der Waals surface area contributed by atoms with Gasteiger partial charge in [0.25, 0.3) is 0 Å². The number of hydrogen-bond donors (Lipinski definition) is 2. The molecule has 0 aliphatic rings. The molecule has 37 heavy (non-hydrogen) atoms. The molecule has 0 aromatic carbocycles. The molecule has 0 saturated heterocycles.